The van der Waals surface area contributed by atoms with Crippen molar-refractivity contribution in [2.45, 2.75) is 13.1 Å². The minimum absolute atomic E-state index is 0.153. The number of hydrogen-bond acceptors (Lipinski definition) is 3. The average Bonchev–Trinajstić information content (AvgIpc) is 3.41. The fourth-order valence-electron chi connectivity index (χ4n) is 4.12. The molecule has 0 amide bonds. The van der Waals surface area contributed by atoms with Crippen molar-refractivity contribution in [1.82, 2.24) is 14.3 Å². The smallest absolute Gasteiger partial charge is 0.354 e. The molecule has 0 saturated carbocycles. The normalized spacial score (nSPS) is 11.1. The molecule has 2 aromatic heterocycles. The lowest BCUT2D eigenvalue weighted by atomic mass is 10.1. The third-order valence-corrected chi connectivity index (χ3v) is 5.73. The number of aromatic carboxylic acids is 1. The molecule has 6 nitrogen and oxygen atoms in total. The summed E-state index contributed by atoms with van der Waals surface area (Å²) in [4.78, 5) is 12.0. The average molecular weight is 437 g/mol. The van der Waals surface area contributed by atoms with E-state index in [2.05, 4.69) is 16.7 Å². The van der Waals surface area contributed by atoms with E-state index < -0.39 is 5.97 Å². The first-order valence-electron chi connectivity index (χ1n) is 10.7. The lowest BCUT2D eigenvalue weighted by molar-refractivity contribution is 0.0684. The summed E-state index contributed by atoms with van der Waals surface area (Å²) in [6.45, 7) is 1.08. The van der Waals surface area contributed by atoms with Crippen LogP contribution in [-0.2, 0) is 13.1 Å². The predicted octanol–water partition coefficient (Wildman–Crippen LogP) is 5.31. The quantitative estimate of drug-likeness (QED) is 0.375. The van der Waals surface area contributed by atoms with E-state index in [1.165, 1.54) is 5.56 Å². The Morgan fingerprint density at radius 1 is 0.909 bits per heavy atom. The summed E-state index contributed by atoms with van der Waals surface area (Å²) in [7, 11) is 1.64. The second-order valence-corrected chi connectivity index (χ2v) is 7.90. The Kier molecular flexibility index (Phi) is 5.40. The van der Waals surface area contributed by atoms with Gasteiger partial charge in [-0.15, -0.1) is 0 Å². The molecule has 6 heteroatoms. The van der Waals surface area contributed by atoms with Gasteiger partial charge in [0.25, 0.3) is 0 Å². The number of methoxy groups -OCH3 is 1. The zero-order chi connectivity index (χ0) is 22.8. The number of ether oxygens (including phenoxy) is 1. The Morgan fingerprint density at radius 2 is 1.58 bits per heavy atom. The molecule has 0 spiro atoms. The van der Waals surface area contributed by atoms with Crippen LogP contribution in [0.2, 0.25) is 0 Å². The topological polar surface area (TPSA) is 69.3 Å². The summed E-state index contributed by atoms with van der Waals surface area (Å²) in [6, 6.07) is 27.5. The molecule has 2 heterocycles. The summed E-state index contributed by atoms with van der Waals surface area (Å²) >= 11 is 0. The van der Waals surface area contributed by atoms with Gasteiger partial charge in [-0.25, -0.2) is 4.79 Å². The number of carbonyl (C=O) groups is 1. The van der Waals surface area contributed by atoms with E-state index >= 15 is 0 Å². The molecule has 1 N–H and O–H groups in total. The number of carboxylic acid groups (broad SMARTS) is 1. The van der Waals surface area contributed by atoms with Gasteiger partial charge in [-0.05, 0) is 35.4 Å². The molecule has 3 aromatic carbocycles. The molecule has 5 aromatic rings. The highest BCUT2D eigenvalue weighted by Crippen LogP contribution is 2.33. The lowest BCUT2D eigenvalue weighted by Crippen LogP contribution is -2.10. The predicted molar refractivity (Wildman–Crippen MR) is 128 cm³/mol. The van der Waals surface area contributed by atoms with Crippen molar-refractivity contribution in [2.24, 2.45) is 0 Å². The molecule has 0 bridgehead atoms. The maximum Gasteiger partial charge on any atom is 0.354 e. The van der Waals surface area contributed by atoms with Crippen LogP contribution in [0.25, 0.3) is 22.2 Å². The minimum Gasteiger partial charge on any atom is -0.497 e. The Labute approximate surface area is 191 Å². The van der Waals surface area contributed by atoms with Crippen molar-refractivity contribution in [3.05, 3.63) is 108 Å². The molecular weight excluding hydrogens is 414 g/mol. The van der Waals surface area contributed by atoms with Gasteiger partial charge < -0.3 is 14.4 Å². The molecule has 0 fully saturated rings. The number of benzene rings is 3. The third-order valence-electron chi connectivity index (χ3n) is 5.73. The zero-order valence-electron chi connectivity index (χ0n) is 18.2. The van der Waals surface area contributed by atoms with Crippen LogP contribution in [0.4, 0.5) is 0 Å². The van der Waals surface area contributed by atoms with Crippen LogP contribution in [-0.4, -0.2) is 32.5 Å². The van der Waals surface area contributed by atoms with Crippen molar-refractivity contribution in [3.63, 3.8) is 0 Å². The lowest BCUT2D eigenvalue weighted by Gasteiger charge is -2.06. The maximum atomic E-state index is 12.0. The number of rotatable bonds is 7. The van der Waals surface area contributed by atoms with E-state index in [0.29, 0.717) is 18.8 Å². The first-order valence-corrected chi connectivity index (χ1v) is 10.7. The van der Waals surface area contributed by atoms with Crippen LogP contribution in [0.15, 0.2) is 91.1 Å². The Morgan fingerprint density at radius 3 is 2.21 bits per heavy atom. The molecule has 33 heavy (non-hydrogen) atoms. The highest BCUT2D eigenvalue weighted by atomic mass is 16.5. The largest absolute Gasteiger partial charge is 0.497 e. The number of nitrogens with zero attached hydrogens (tertiary/aromatic N) is 3. The van der Waals surface area contributed by atoms with E-state index in [1.54, 1.807) is 17.9 Å². The van der Waals surface area contributed by atoms with Crippen LogP contribution in [0.5, 0.6) is 5.75 Å². The summed E-state index contributed by atoms with van der Waals surface area (Å²) in [5.74, 6) is -0.265. The maximum absolute atomic E-state index is 12.0. The van der Waals surface area contributed by atoms with Crippen molar-refractivity contribution in [2.75, 3.05) is 7.11 Å². The van der Waals surface area contributed by atoms with E-state index in [1.807, 2.05) is 72.9 Å². The Bertz CT molecular complexity index is 1420. The summed E-state index contributed by atoms with van der Waals surface area (Å²) in [6.07, 6.45) is 2.04. The van der Waals surface area contributed by atoms with Crippen molar-refractivity contribution < 1.29 is 14.6 Å². The third kappa shape index (κ3) is 4.11. The molecule has 0 aliphatic rings. The standard InChI is InChI=1S/C27H23N3O3/c1-33-21-12-13-25-22(14-21)23(18-29(25)16-19-8-4-2-5-9-19)24-15-26(27(31)32)30(28-24)17-20-10-6-3-7-11-20/h2-15,18H,16-17H2,1H3,(H,31,32). The van der Waals surface area contributed by atoms with Crippen molar-refractivity contribution in [3.8, 4) is 17.0 Å². The Balaban J connectivity index is 1.63. The molecular formula is C27H23N3O3. The van der Waals surface area contributed by atoms with E-state index in [9.17, 15) is 9.90 Å². The van der Waals surface area contributed by atoms with E-state index in [0.717, 1.165) is 27.8 Å². The van der Waals surface area contributed by atoms with Crippen LogP contribution in [0.1, 0.15) is 21.6 Å². The number of carboxylic acids is 1. The van der Waals surface area contributed by atoms with Gasteiger partial charge in [0.15, 0.2) is 0 Å². The minimum atomic E-state index is -1.00. The van der Waals surface area contributed by atoms with Crippen LogP contribution < -0.4 is 4.74 Å². The number of aromatic nitrogens is 3. The fourth-order valence-corrected chi connectivity index (χ4v) is 4.12. The molecule has 0 radical (unpaired) electrons. The highest BCUT2D eigenvalue weighted by Gasteiger charge is 2.19. The number of fused-ring (bicyclic) bond motifs is 1. The first-order chi connectivity index (χ1) is 16.1. The second-order valence-electron chi connectivity index (χ2n) is 7.90. The second kappa shape index (κ2) is 8.67. The van der Waals surface area contributed by atoms with Crippen LogP contribution in [0, 0.1) is 0 Å². The summed E-state index contributed by atoms with van der Waals surface area (Å²) in [5, 5.41) is 15.5. The monoisotopic (exact) mass is 437 g/mol. The molecule has 5 rings (SSSR count). The van der Waals surface area contributed by atoms with Gasteiger partial charge in [0.05, 0.1) is 19.3 Å². The van der Waals surface area contributed by atoms with Crippen molar-refractivity contribution in [1.29, 1.82) is 0 Å². The van der Waals surface area contributed by atoms with Gasteiger partial charge in [0.2, 0.25) is 0 Å². The highest BCUT2D eigenvalue weighted by molar-refractivity contribution is 5.97. The van der Waals surface area contributed by atoms with Gasteiger partial charge in [-0.1, -0.05) is 60.7 Å². The molecule has 0 saturated heterocycles. The zero-order valence-corrected chi connectivity index (χ0v) is 18.2. The molecule has 0 aliphatic carbocycles. The van der Waals surface area contributed by atoms with Gasteiger partial charge >= 0.3 is 5.97 Å². The summed E-state index contributed by atoms with van der Waals surface area (Å²) < 4.78 is 9.17. The number of hydrogen-bond donors (Lipinski definition) is 1. The molecule has 164 valence electrons. The Hall–Kier alpha value is -4.32. The molecule has 0 unspecified atom stereocenters. The fraction of sp³-hybridized carbons (Fsp3) is 0.111. The molecule has 0 aliphatic heterocycles. The van der Waals surface area contributed by atoms with Gasteiger partial charge in [0, 0.05) is 29.2 Å². The van der Waals surface area contributed by atoms with E-state index in [4.69, 9.17) is 9.84 Å². The van der Waals surface area contributed by atoms with Gasteiger partial charge in [-0.3, -0.25) is 4.68 Å². The van der Waals surface area contributed by atoms with Crippen LogP contribution >= 0.6 is 0 Å². The molecule has 0 atom stereocenters. The van der Waals surface area contributed by atoms with Gasteiger partial charge in [-0.2, -0.15) is 5.10 Å². The van der Waals surface area contributed by atoms with Crippen molar-refractivity contribution >= 4 is 16.9 Å². The first kappa shape index (κ1) is 20.6. The summed E-state index contributed by atoms with van der Waals surface area (Å²) in [5.41, 5.74) is 4.84. The van der Waals surface area contributed by atoms with Gasteiger partial charge in [0.1, 0.15) is 11.4 Å². The SMILES string of the molecule is COc1ccc2c(c1)c(-c1cc(C(=O)O)n(Cc3ccccc3)n1)cn2Cc1ccccc1. The van der Waals surface area contributed by atoms with E-state index in [-0.39, 0.29) is 5.69 Å². The van der Waals surface area contributed by atoms with Crippen LogP contribution in [0.3, 0.4) is 0 Å².